The van der Waals surface area contributed by atoms with E-state index in [9.17, 15) is 16.8 Å². The summed E-state index contributed by atoms with van der Waals surface area (Å²) in [5.41, 5.74) is 5.37. The van der Waals surface area contributed by atoms with Gasteiger partial charge in [-0.1, -0.05) is 111 Å². The Hall–Kier alpha value is -3.78. The number of sulfonamides is 2. The molecule has 0 aromatic heterocycles. The second-order valence-corrected chi connectivity index (χ2v) is 21.6. The number of nitrogens with zero attached hydrogens (tertiary/aromatic N) is 2. The quantitative estimate of drug-likeness (QED) is 0.0518. The van der Waals surface area contributed by atoms with Gasteiger partial charge in [-0.2, -0.15) is 0 Å². The van der Waals surface area contributed by atoms with Crippen LogP contribution in [0, 0.1) is 13.8 Å². The number of hydrogen-bond donors (Lipinski definition) is 0. The lowest BCUT2D eigenvalue weighted by molar-refractivity contribution is -0.163. The van der Waals surface area contributed by atoms with E-state index in [0.717, 1.165) is 151 Å². The summed E-state index contributed by atoms with van der Waals surface area (Å²) in [6.07, 6.45) is 18.9. The third-order valence-corrected chi connectivity index (χ3v) is 16.2. The smallest absolute Gasteiger partial charge is 0.264 e. The van der Waals surface area contributed by atoms with Crippen LogP contribution in [0.4, 0.5) is 11.4 Å². The standard InChI is InChI=1S/C53H74N2O8S2/c1-44-21-33-50(34-22-44)64(56,57)54(37-13-7-3-5-9-15-39-60-52-19-11-17-41-62-52)48-29-25-46(26-30-48)43-47-27-31-49(32-28-47)55(65(58,59)51-35-23-45(2)24-36-51)38-14-8-4-6-10-16-40-61-53-20-12-18-42-63-53/h21-36,52-53H,3-20,37-43H2,1-2H3. The molecule has 6 rings (SSSR count). The number of benzene rings is 4. The van der Waals surface area contributed by atoms with Crippen molar-refractivity contribution in [3.8, 4) is 0 Å². The summed E-state index contributed by atoms with van der Waals surface area (Å²) < 4.78 is 82.6. The monoisotopic (exact) mass is 930 g/mol. The highest BCUT2D eigenvalue weighted by atomic mass is 32.2. The molecule has 4 aromatic carbocycles. The fraction of sp³-hybridized carbons (Fsp3) is 0.547. The van der Waals surface area contributed by atoms with Gasteiger partial charge in [0.1, 0.15) is 0 Å². The van der Waals surface area contributed by atoms with Crippen molar-refractivity contribution in [2.24, 2.45) is 0 Å². The van der Waals surface area contributed by atoms with Gasteiger partial charge in [0.05, 0.1) is 21.2 Å². The van der Waals surface area contributed by atoms with Gasteiger partial charge in [0, 0.05) is 39.5 Å². The molecule has 65 heavy (non-hydrogen) atoms. The third kappa shape index (κ3) is 16.2. The summed E-state index contributed by atoms with van der Waals surface area (Å²) >= 11 is 0. The molecule has 10 nitrogen and oxygen atoms in total. The predicted octanol–water partition coefficient (Wildman–Crippen LogP) is 12.1. The molecule has 0 aliphatic carbocycles. The van der Waals surface area contributed by atoms with E-state index in [1.54, 1.807) is 32.9 Å². The van der Waals surface area contributed by atoms with E-state index in [-0.39, 0.29) is 22.4 Å². The Bertz CT molecular complexity index is 2010. The molecule has 2 aliphatic heterocycles. The molecule has 0 N–H and O–H groups in total. The molecule has 0 bridgehead atoms. The van der Waals surface area contributed by atoms with Crippen LogP contribution in [0.3, 0.4) is 0 Å². The van der Waals surface area contributed by atoms with Crippen molar-refractivity contribution < 1.29 is 35.8 Å². The second kappa shape index (κ2) is 26.5. The zero-order valence-corrected chi connectivity index (χ0v) is 40.7. The fourth-order valence-corrected chi connectivity index (χ4v) is 11.5. The van der Waals surface area contributed by atoms with E-state index in [0.29, 0.717) is 30.9 Å². The first-order valence-electron chi connectivity index (χ1n) is 24.4. The maximum atomic E-state index is 14.1. The number of ether oxygens (including phenoxy) is 4. The average molecular weight is 931 g/mol. The van der Waals surface area contributed by atoms with Crippen LogP contribution in [0.15, 0.2) is 107 Å². The van der Waals surface area contributed by atoms with Crippen LogP contribution < -0.4 is 8.61 Å². The van der Waals surface area contributed by atoms with Gasteiger partial charge in [-0.25, -0.2) is 16.8 Å². The van der Waals surface area contributed by atoms with Crippen molar-refractivity contribution in [2.75, 3.05) is 48.1 Å². The summed E-state index contributed by atoms with van der Waals surface area (Å²) in [7, 11) is -7.56. The van der Waals surface area contributed by atoms with E-state index < -0.39 is 20.0 Å². The molecule has 2 heterocycles. The van der Waals surface area contributed by atoms with Crippen LogP contribution >= 0.6 is 0 Å². The largest absolute Gasteiger partial charge is 0.353 e. The molecule has 4 aromatic rings. The summed E-state index contributed by atoms with van der Waals surface area (Å²) in [5.74, 6) is 0. The lowest BCUT2D eigenvalue weighted by Gasteiger charge is -2.25. The van der Waals surface area contributed by atoms with E-state index in [1.165, 1.54) is 12.8 Å². The molecule has 2 atom stereocenters. The number of anilines is 2. The van der Waals surface area contributed by atoms with Gasteiger partial charge < -0.3 is 18.9 Å². The average Bonchev–Trinajstić information content (AvgIpc) is 3.32. The Morgan fingerprint density at radius 2 is 0.815 bits per heavy atom. The summed E-state index contributed by atoms with van der Waals surface area (Å²) in [5, 5.41) is 0. The zero-order chi connectivity index (χ0) is 45.7. The van der Waals surface area contributed by atoms with Crippen molar-refractivity contribution in [1.82, 2.24) is 0 Å². The van der Waals surface area contributed by atoms with E-state index in [2.05, 4.69) is 0 Å². The summed E-state index contributed by atoms with van der Waals surface area (Å²) in [6, 6.07) is 29.7. The third-order valence-electron chi connectivity index (χ3n) is 12.5. The molecule has 0 radical (unpaired) electrons. The Labute approximate surface area is 391 Å². The Morgan fingerprint density at radius 3 is 1.17 bits per heavy atom. The topological polar surface area (TPSA) is 112 Å². The zero-order valence-electron chi connectivity index (χ0n) is 39.0. The first-order chi connectivity index (χ1) is 31.6. The maximum Gasteiger partial charge on any atom is 0.264 e. The van der Waals surface area contributed by atoms with Crippen LogP contribution in [0.25, 0.3) is 0 Å². The molecule has 0 saturated carbocycles. The van der Waals surface area contributed by atoms with Crippen LogP contribution in [-0.4, -0.2) is 68.9 Å². The molecule has 0 amide bonds. The first-order valence-corrected chi connectivity index (χ1v) is 27.3. The van der Waals surface area contributed by atoms with Gasteiger partial charge in [-0.15, -0.1) is 0 Å². The second-order valence-electron chi connectivity index (χ2n) is 17.9. The number of rotatable bonds is 28. The van der Waals surface area contributed by atoms with Gasteiger partial charge in [-0.05, 0) is 144 Å². The SMILES string of the molecule is Cc1ccc(S(=O)(=O)N(CCCCCCCCOC2CCCCO2)c2ccc(Cc3ccc(N(CCCCCCCCOC4CCCCO4)S(=O)(=O)c4ccc(C)cc4)cc3)cc2)cc1. The number of unbranched alkanes of at least 4 members (excludes halogenated alkanes) is 10. The molecular weight excluding hydrogens is 857 g/mol. The van der Waals surface area contributed by atoms with Gasteiger partial charge in [0.15, 0.2) is 12.6 Å². The van der Waals surface area contributed by atoms with Crippen molar-refractivity contribution in [3.05, 3.63) is 119 Å². The highest BCUT2D eigenvalue weighted by Gasteiger charge is 2.26. The van der Waals surface area contributed by atoms with Crippen LogP contribution in [0.2, 0.25) is 0 Å². The minimum absolute atomic E-state index is 0.0418. The van der Waals surface area contributed by atoms with Crippen molar-refractivity contribution >= 4 is 31.4 Å². The van der Waals surface area contributed by atoms with E-state index in [1.807, 2.05) is 86.6 Å². The highest BCUT2D eigenvalue weighted by Crippen LogP contribution is 2.29. The normalized spacial score (nSPS) is 17.0. The molecule has 2 aliphatic rings. The van der Waals surface area contributed by atoms with Gasteiger partial charge in [0.2, 0.25) is 0 Å². The van der Waals surface area contributed by atoms with Crippen molar-refractivity contribution in [2.45, 2.75) is 158 Å². The molecule has 356 valence electrons. The Balaban J connectivity index is 1.03. The van der Waals surface area contributed by atoms with Crippen LogP contribution in [0.5, 0.6) is 0 Å². The van der Waals surface area contributed by atoms with Gasteiger partial charge >= 0.3 is 0 Å². The predicted molar refractivity (Wildman–Crippen MR) is 262 cm³/mol. The van der Waals surface area contributed by atoms with Crippen molar-refractivity contribution in [3.63, 3.8) is 0 Å². The summed E-state index contributed by atoms with van der Waals surface area (Å²) in [6.45, 7) is 7.74. The minimum Gasteiger partial charge on any atom is -0.353 e. The van der Waals surface area contributed by atoms with Gasteiger partial charge in [-0.3, -0.25) is 8.61 Å². The lowest BCUT2D eigenvalue weighted by Crippen LogP contribution is -2.32. The van der Waals surface area contributed by atoms with E-state index >= 15 is 0 Å². The first kappa shape index (κ1) is 50.6. The van der Waals surface area contributed by atoms with Crippen LogP contribution in [-0.2, 0) is 45.4 Å². The van der Waals surface area contributed by atoms with E-state index in [4.69, 9.17) is 18.9 Å². The number of aryl methyl sites for hydroxylation is 2. The Morgan fingerprint density at radius 1 is 0.462 bits per heavy atom. The lowest BCUT2D eigenvalue weighted by atomic mass is 10.0. The van der Waals surface area contributed by atoms with Gasteiger partial charge in [0.25, 0.3) is 20.0 Å². The molecule has 12 heteroatoms. The molecule has 2 fully saturated rings. The summed E-state index contributed by atoms with van der Waals surface area (Å²) in [4.78, 5) is 0.573. The highest BCUT2D eigenvalue weighted by molar-refractivity contribution is 7.93. The fourth-order valence-electron chi connectivity index (χ4n) is 8.49. The maximum absolute atomic E-state index is 14.1. The van der Waals surface area contributed by atoms with Crippen LogP contribution in [0.1, 0.15) is 138 Å². The minimum atomic E-state index is -3.78. The molecule has 2 unspecified atom stereocenters. The Kier molecular flexibility index (Phi) is 20.7. The van der Waals surface area contributed by atoms with Crippen molar-refractivity contribution in [1.29, 1.82) is 0 Å². The molecule has 2 saturated heterocycles. The molecule has 0 spiro atoms. The molecular formula is C53H74N2O8S2. The number of hydrogen-bond acceptors (Lipinski definition) is 8.